The molecule has 0 atom stereocenters. The van der Waals surface area contributed by atoms with E-state index in [0.717, 1.165) is 35.5 Å². The Morgan fingerprint density at radius 2 is 1.87 bits per heavy atom. The van der Waals surface area contributed by atoms with E-state index in [-0.39, 0.29) is 5.91 Å². The number of carbonyl (C=O) groups excluding carboxylic acids is 1. The van der Waals surface area contributed by atoms with Crippen molar-refractivity contribution < 1.29 is 4.79 Å². The summed E-state index contributed by atoms with van der Waals surface area (Å²) in [7, 11) is 0. The molecule has 2 aromatic heterocycles. The molecule has 8 heteroatoms. The van der Waals surface area contributed by atoms with Crippen molar-refractivity contribution in [2.24, 2.45) is 0 Å². The monoisotopic (exact) mass is 422 g/mol. The zero-order chi connectivity index (χ0) is 20.8. The minimum Gasteiger partial charge on any atom is -0.357 e. The number of amides is 1. The number of nitrogens with one attached hydrogen (secondary N) is 1. The fourth-order valence-corrected chi connectivity index (χ4v) is 4.27. The molecule has 4 rings (SSSR count). The van der Waals surface area contributed by atoms with Crippen molar-refractivity contribution in [1.29, 1.82) is 0 Å². The molecule has 30 heavy (non-hydrogen) atoms. The lowest BCUT2D eigenvalue weighted by atomic mass is 10.2. The molecular formula is C22H26N6OS. The molecule has 1 aliphatic heterocycles. The first kappa shape index (κ1) is 20.4. The summed E-state index contributed by atoms with van der Waals surface area (Å²) in [5, 5.41) is 12.1. The number of thioether (sulfide) groups is 1. The molecule has 156 valence electrons. The van der Waals surface area contributed by atoms with Gasteiger partial charge in [-0.25, -0.2) is 4.98 Å². The second-order valence-corrected chi connectivity index (χ2v) is 8.33. The molecule has 3 aromatic rings. The van der Waals surface area contributed by atoms with E-state index in [1.807, 2.05) is 48.0 Å². The fraction of sp³-hybridized carbons (Fsp3) is 0.364. The number of pyridine rings is 1. The molecule has 0 spiro atoms. The molecule has 0 unspecified atom stereocenters. The van der Waals surface area contributed by atoms with Gasteiger partial charge in [-0.2, -0.15) is 0 Å². The maximum Gasteiger partial charge on any atom is 0.230 e. The summed E-state index contributed by atoms with van der Waals surface area (Å²) >= 11 is 1.40. The number of nitrogens with zero attached hydrogens (tertiary/aromatic N) is 5. The van der Waals surface area contributed by atoms with Gasteiger partial charge in [0.1, 0.15) is 11.6 Å². The van der Waals surface area contributed by atoms with Crippen LogP contribution in [0.3, 0.4) is 0 Å². The maximum absolute atomic E-state index is 12.3. The van der Waals surface area contributed by atoms with E-state index >= 15 is 0 Å². The van der Waals surface area contributed by atoms with Crippen LogP contribution in [0, 0.1) is 6.92 Å². The normalized spacial score (nSPS) is 13.6. The van der Waals surface area contributed by atoms with Crippen molar-refractivity contribution in [2.75, 3.05) is 23.7 Å². The van der Waals surface area contributed by atoms with Crippen LogP contribution in [-0.4, -0.2) is 44.5 Å². The van der Waals surface area contributed by atoms with Crippen LogP contribution in [0.1, 0.15) is 29.8 Å². The van der Waals surface area contributed by atoms with Crippen LogP contribution in [0.15, 0.2) is 53.8 Å². The van der Waals surface area contributed by atoms with E-state index in [1.165, 1.54) is 30.2 Å². The molecule has 1 saturated heterocycles. The van der Waals surface area contributed by atoms with Crippen molar-refractivity contribution in [3.63, 3.8) is 0 Å². The van der Waals surface area contributed by atoms with Gasteiger partial charge in [0.15, 0.2) is 5.16 Å². The second kappa shape index (κ2) is 9.75. The van der Waals surface area contributed by atoms with Gasteiger partial charge in [-0.15, -0.1) is 10.2 Å². The molecule has 3 heterocycles. The molecule has 1 amide bonds. The van der Waals surface area contributed by atoms with Crippen LogP contribution in [0.5, 0.6) is 0 Å². The Kier molecular flexibility index (Phi) is 6.63. The van der Waals surface area contributed by atoms with E-state index in [4.69, 9.17) is 0 Å². The third-order valence-electron chi connectivity index (χ3n) is 5.15. The Bertz CT molecular complexity index is 967. The van der Waals surface area contributed by atoms with Crippen LogP contribution in [0.2, 0.25) is 0 Å². The van der Waals surface area contributed by atoms with Gasteiger partial charge in [0.2, 0.25) is 5.91 Å². The van der Waals surface area contributed by atoms with Gasteiger partial charge < -0.3 is 14.8 Å². The third-order valence-corrected chi connectivity index (χ3v) is 6.11. The highest BCUT2D eigenvalue weighted by Gasteiger charge is 2.14. The Morgan fingerprint density at radius 3 is 2.60 bits per heavy atom. The highest BCUT2D eigenvalue weighted by molar-refractivity contribution is 7.99. The number of rotatable bonds is 8. The zero-order valence-electron chi connectivity index (χ0n) is 17.1. The lowest BCUT2D eigenvalue weighted by Crippen LogP contribution is -2.25. The van der Waals surface area contributed by atoms with Gasteiger partial charge in [-0.05, 0) is 37.0 Å². The predicted molar refractivity (Wildman–Crippen MR) is 119 cm³/mol. The van der Waals surface area contributed by atoms with Crippen molar-refractivity contribution in [3.05, 3.63) is 65.6 Å². The predicted octanol–water partition coefficient (Wildman–Crippen LogP) is 3.04. The Morgan fingerprint density at radius 1 is 1.07 bits per heavy atom. The summed E-state index contributed by atoms with van der Waals surface area (Å²) in [4.78, 5) is 19.2. The van der Waals surface area contributed by atoms with Gasteiger partial charge in [-0.3, -0.25) is 4.79 Å². The average Bonchev–Trinajstić information content (AvgIpc) is 3.43. The van der Waals surface area contributed by atoms with Crippen LogP contribution >= 0.6 is 11.8 Å². The molecule has 0 radical (unpaired) electrons. The Labute approximate surface area is 180 Å². The first-order valence-electron chi connectivity index (χ1n) is 10.2. The summed E-state index contributed by atoms with van der Waals surface area (Å²) in [6.45, 7) is 5.25. The molecule has 0 saturated carbocycles. The van der Waals surface area contributed by atoms with Gasteiger partial charge in [0.05, 0.1) is 12.3 Å². The largest absolute Gasteiger partial charge is 0.357 e. The number of carbonyl (C=O) groups is 1. The molecule has 1 aromatic carbocycles. The highest BCUT2D eigenvalue weighted by atomic mass is 32.2. The molecule has 1 fully saturated rings. The number of aryl methyl sites for hydroxylation is 1. The lowest BCUT2D eigenvalue weighted by Gasteiger charge is -2.16. The number of anilines is 1. The number of aromatic nitrogens is 4. The van der Waals surface area contributed by atoms with E-state index < -0.39 is 0 Å². The van der Waals surface area contributed by atoms with Gasteiger partial charge in [0, 0.05) is 25.8 Å². The smallest absolute Gasteiger partial charge is 0.230 e. The van der Waals surface area contributed by atoms with Crippen molar-refractivity contribution in [3.8, 4) is 0 Å². The van der Waals surface area contributed by atoms with Crippen molar-refractivity contribution in [2.45, 2.75) is 38.0 Å². The number of hydrogen-bond donors (Lipinski definition) is 1. The third kappa shape index (κ3) is 5.18. The van der Waals surface area contributed by atoms with Crippen LogP contribution in [-0.2, 0) is 17.9 Å². The van der Waals surface area contributed by atoms with E-state index in [1.54, 1.807) is 0 Å². The molecule has 0 aliphatic carbocycles. The SMILES string of the molecule is Cc1nnc(SCC(=O)NCc2ccc(N3CCCC3)nc2)n1Cc1ccccc1. The van der Waals surface area contributed by atoms with Crippen LogP contribution < -0.4 is 10.2 Å². The summed E-state index contributed by atoms with van der Waals surface area (Å²) < 4.78 is 2.04. The molecular weight excluding hydrogens is 396 g/mol. The summed E-state index contributed by atoms with van der Waals surface area (Å²) in [6, 6.07) is 14.2. The topological polar surface area (TPSA) is 75.9 Å². The molecule has 0 bridgehead atoms. The van der Waals surface area contributed by atoms with Crippen LogP contribution in [0.25, 0.3) is 0 Å². The Balaban J connectivity index is 1.27. The first-order chi connectivity index (χ1) is 14.7. The molecule has 7 nitrogen and oxygen atoms in total. The number of hydrogen-bond acceptors (Lipinski definition) is 6. The van der Waals surface area contributed by atoms with Gasteiger partial charge >= 0.3 is 0 Å². The minimum atomic E-state index is -0.0319. The summed E-state index contributed by atoms with van der Waals surface area (Å²) in [6.07, 6.45) is 4.31. The van der Waals surface area contributed by atoms with Gasteiger partial charge in [-0.1, -0.05) is 48.2 Å². The van der Waals surface area contributed by atoms with Crippen LogP contribution in [0.4, 0.5) is 5.82 Å². The molecule has 1 N–H and O–H groups in total. The quantitative estimate of drug-likeness (QED) is 0.563. The summed E-state index contributed by atoms with van der Waals surface area (Å²) in [5.74, 6) is 2.12. The van der Waals surface area contributed by atoms with E-state index in [9.17, 15) is 4.79 Å². The van der Waals surface area contributed by atoms with Gasteiger partial charge in [0.25, 0.3) is 0 Å². The molecule has 1 aliphatic rings. The van der Waals surface area contributed by atoms with E-state index in [2.05, 4.69) is 37.5 Å². The minimum absolute atomic E-state index is 0.0319. The second-order valence-electron chi connectivity index (χ2n) is 7.39. The Hall–Kier alpha value is -2.87. The average molecular weight is 423 g/mol. The lowest BCUT2D eigenvalue weighted by molar-refractivity contribution is -0.118. The van der Waals surface area contributed by atoms with Crippen molar-refractivity contribution >= 4 is 23.5 Å². The van der Waals surface area contributed by atoms with Crippen molar-refractivity contribution in [1.82, 2.24) is 25.1 Å². The standard InChI is InChI=1S/C22H26N6OS/c1-17-25-26-22(28(17)15-18-7-3-2-4-8-18)30-16-21(29)24-14-19-9-10-20(23-13-19)27-11-5-6-12-27/h2-4,7-10,13H,5-6,11-12,14-16H2,1H3,(H,24,29). The fourth-order valence-electron chi connectivity index (χ4n) is 3.45. The van der Waals surface area contributed by atoms with E-state index in [0.29, 0.717) is 18.8 Å². The number of benzene rings is 1. The highest BCUT2D eigenvalue weighted by Crippen LogP contribution is 2.19. The zero-order valence-corrected chi connectivity index (χ0v) is 17.9. The first-order valence-corrected chi connectivity index (χ1v) is 11.2. The maximum atomic E-state index is 12.3. The summed E-state index contributed by atoms with van der Waals surface area (Å²) in [5.41, 5.74) is 2.18.